The molecule has 0 aliphatic heterocycles. The third-order valence-electron chi connectivity index (χ3n) is 2.97. The lowest BCUT2D eigenvalue weighted by Gasteiger charge is -2.08. The first-order valence-corrected chi connectivity index (χ1v) is 6.88. The lowest BCUT2D eigenvalue weighted by molar-refractivity contribution is 0.699. The van der Waals surface area contributed by atoms with Gasteiger partial charge in [0.2, 0.25) is 0 Å². The molecule has 3 nitrogen and oxygen atoms in total. The number of nitrogens with zero attached hydrogens (tertiary/aromatic N) is 2. The predicted octanol–water partition coefficient (Wildman–Crippen LogP) is 3.29. The molecule has 0 amide bonds. The van der Waals surface area contributed by atoms with Gasteiger partial charge < -0.3 is 4.57 Å². The SMILES string of the molecule is CCCCc1nc(Cl)cn(Cc2ccccc2)c1=O. The molecule has 0 spiro atoms. The fourth-order valence-electron chi connectivity index (χ4n) is 1.96. The van der Waals surface area contributed by atoms with Crippen LogP contribution in [0, 0.1) is 0 Å². The van der Waals surface area contributed by atoms with Crippen LogP contribution in [0.2, 0.25) is 5.15 Å². The summed E-state index contributed by atoms with van der Waals surface area (Å²) in [6.45, 7) is 2.62. The molecule has 0 fully saturated rings. The maximum atomic E-state index is 12.3. The molecule has 0 atom stereocenters. The summed E-state index contributed by atoms with van der Waals surface area (Å²) in [6, 6.07) is 9.86. The van der Waals surface area contributed by atoms with Gasteiger partial charge >= 0.3 is 0 Å². The van der Waals surface area contributed by atoms with E-state index < -0.39 is 0 Å². The molecular weight excluding hydrogens is 260 g/mol. The first-order valence-electron chi connectivity index (χ1n) is 6.50. The Morgan fingerprint density at radius 2 is 2.00 bits per heavy atom. The van der Waals surface area contributed by atoms with Crippen molar-refractivity contribution >= 4 is 11.6 Å². The van der Waals surface area contributed by atoms with Crippen LogP contribution in [-0.4, -0.2) is 9.55 Å². The van der Waals surface area contributed by atoms with Gasteiger partial charge in [-0.05, 0) is 18.4 Å². The quantitative estimate of drug-likeness (QED) is 0.840. The Bertz CT molecular complexity index is 593. The highest BCUT2D eigenvalue weighted by Crippen LogP contribution is 2.07. The topological polar surface area (TPSA) is 34.9 Å². The molecule has 2 rings (SSSR count). The summed E-state index contributed by atoms with van der Waals surface area (Å²) in [4.78, 5) is 16.4. The van der Waals surface area contributed by atoms with Crippen LogP contribution < -0.4 is 5.56 Å². The lowest BCUT2D eigenvalue weighted by atomic mass is 10.2. The molecule has 0 N–H and O–H groups in total. The van der Waals surface area contributed by atoms with E-state index >= 15 is 0 Å². The molecule has 100 valence electrons. The molecule has 0 radical (unpaired) electrons. The Morgan fingerprint density at radius 3 is 2.68 bits per heavy atom. The van der Waals surface area contributed by atoms with Crippen molar-refractivity contribution in [1.29, 1.82) is 0 Å². The molecule has 19 heavy (non-hydrogen) atoms. The van der Waals surface area contributed by atoms with Gasteiger partial charge in [-0.2, -0.15) is 0 Å². The molecule has 0 bridgehead atoms. The fraction of sp³-hybridized carbons (Fsp3) is 0.333. The van der Waals surface area contributed by atoms with Crippen LogP contribution in [0.4, 0.5) is 0 Å². The van der Waals surface area contributed by atoms with E-state index in [1.54, 1.807) is 10.8 Å². The highest BCUT2D eigenvalue weighted by atomic mass is 35.5. The van der Waals surface area contributed by atoms with Crippen molar-refractivity contribution in [2.45, 2.75) is 32.7 Å². The number of benzene rings is 1. The van der Waals surface area contributed by atoms with E-state index in [1.165, 1.54) is 0 Å². The van der Waals surface area contributed by atoms with Gasteiger partial charge in [-0.25, -0.2) is 4.98 Å². The number of aromatic nitrogens is 2. The number of hydrogen-bond acceptors (Lipinski definition) is 2. The minimum absolute atomic E-state index is 0.0401. The van der Waals surface area contributed by atoms with Crippen molar-refractivity contribution in [3.63, 3.8) is 0 Å². The highest BCUT2D eigenvalue weighted by Gasteiger charge is 2.07. The zero-order chi connectivity index (χ0) is 13.7. The van der Waals surface area contributed by atoms with Gasteiger partial charge in [-0.3, -0.25) is 4.79 Å². The summed E-state index contributed by atoms with van der Waals surface area (Å²) in [7, 11) is 0. The molecule has 0 unspecified atom stereocenters. The Kier molecular flexibility index (Phi) is 4.74. The second kappa shape index (κ2) is 6.53. The van der Waals surface area contributed by atoms with Gasteiger partial charge in [-0.15, -0.1) is 0 Å². The van der Waals surface area contributed by atoms with Gasteiger partial charge in [-0.1, -0.05) is 55.3 Å². The van der Waals surface area contributed by atoms with Crippen LogP contribution in [-0.2, 0) is 13.0 Å². The molecule has 1 heterocycles. The lowest BCUT2D eigenvalue weighted by Crippen LogP contribution is -2.25. The molecule has 1 aromatic heterocycles. The Balaban J connectivity index is 2.30. The highest BCUT2D eigenvalue weighted by molar-refractivity contribution is 6.29. The molecule has 4 heteroatoms. The minimum Gasteiger partial charge on any atom is -0.306 e. The summed E-state index contributed by atoms with van der Waals surface area (Å²) >= 11 is 6.00. The van der Waals surface area contributed by atoms with Crippen LogP contribution in [0.15, 0.2) is 41.3 Å². The van der Waals surface area contributed by atoms with Crippen molar-refractivity contribution in [3.8, 4) is 0 Å². The van der Waals surface area contributed by atoms with E-state index in [0.717, 1.165) is 18.4 Å². The van der Waals surface area contributed by atoms with Crippen LogP contribution >= 0.6 is 11.6 Å². The normalized spacial score (nSPS) is 10.6. The Morgan fingerprint density at radius 1 is 1.26 bits per heavy atom. The second-order valence-corrected chi connectivity index (χ2v) is 4.92. The number of rotatable bonds is 5. The van der Waals surface area contributed by atoms with Crippen molar-refractivity contribution in [3.05, 3.63) is 63.3 Å². The number of halogens is 1. The van der Waals surface area contributed by atoms with Gasteiger partial charge in [0, 0.05) is 6.20 Å². The monoisotopic (exact) mass is 276 g/mol. The van der Waals surface area contributed by atoms with Crippen LogP contribution in [0.5, 0.6) is 0 Å². The van der Waals surface area contributed by atoms with Crippen LogP contribution in [0.25, 0.3) is 0 Å². The molecule has 1 aromatic carbocycles. The smallest absolute Gasteiger partial charge is 0.272 e. The third kappa shape index (κ3) is 3.67. The van der Waals surface area contributed by atoms with E-state index in [2.05, 4.69) is 11.9 Å². The van der Waals surface area contributed by atoms with E-state index in [4.69, 9.17) is 11.6 Å². The maximum absolute atomic E-state index is 12.3. The summed E-state index contributed by atoms with van der Waals surface area (Å²) in [5.74, 6) is 0. The molecule has 0 saturated carbocycles. The number of unbranched alkanes of at least 4 members (excludes halogenated alkanes) is 1. The zero-order valence-electron chi connectivity index (χ0n) is 11.0. The maximum Gasteiger partial charge on any atom is 0.272 e. The summed E-state index contributed by atoms with van der Waals surface area (Å²) < 4.78 is 1.63. The molecule has 0 aliphatic rings. The van der Waals surface area contributed by atoms with E-state index in [1.807, 2.05) is 30.3 Å². The van der Waals surface area contributed by atoms with E-state index in [-0.39, 0.29) is 5.56 Å². The van der Waals surface area contributed by atoms with Crippen molar-refractivity contribution in [1.82, 2.24) is 9.55 Å². The first-order chi connectivity index (χ1) is 9.20. The Labute approximate surface area is 117 Å². The first kappa shape index (κ1) is 13.8. The average molecular weight is 277 g/mol. The van der Waals surface area contributed by atoms with Gasteiger partial charge in [0.05, 0.1) is 6.54 Å². The molecule has 0 aliphatic carbocycles. The number of hydrogen-bond donors (Lipinski definition) is 0. The number of aryl methyl sites for hydroxylation is 1. The van der Waals surface area contributed by atoms with Gasteiger partial charge in [0.25, 0.3) is 5.56 Å². The summed E-state index contributed by atoms with van der Waals surface area (Å²) in [5, 5.41) is 0.377. The van der Waals surface area contributed by atoms with Gasteiger partial charge in [0.15, 0.2) is 0 Å². The van der Waals surface area contributed by atoms with Gasteiger partial charge in [0.1, 0.15) is 10.8 Å². The van der Waals surface area contributed by atoms with Crippen LogP contribution in [0.1, 0.15) is 31.0 Å². The summed E-state index contributed by atoms with van der Waals surface area (Å²) in [5.41, 5.74) is 1.60. The fourth-order valence-corrected chi connectivity index (χ4v) is 2.18. The Hall–Kier alpha value is -1.61. The predicted molar refractivity (Wildman–Crippen MR) is 77.7 cm³/mol. The molecule has 0 saturated heterocycles. The van der Waals surface area contributed by atoms with Crippen molar-refractivity contribution in [2.75, 3.05) is 0 Å². The van der Waals surface area contributed by atoms with Crippen molar-refractivity contribution < 1.29 is 0 Å². The average Bonchev–Trinajstić information content (AvgIpc) is 2.42. The van der Waals surface area contributed by atoms with E-state index in [0.29, 0.717) is 23.8 Å². The summed E-state index contributed by atoms with van der Waals surface area (Å²) in [6.07, 6.45) is 4.28. The van der Waals surface area contributed by atoms with E-state index in [9.17, 15) is 4.79 Å². The minimum atomic E-state index is -0.0401. The largest absolute Gasteiger partial charge is 0.306 e. The zero-order valence-corrected chi connectivity index (χ0v) is 11.7. The van der Waals surface area contributed by atoms with Crippen molar-refractivity contribution in [2.24, 2.45) is 0 Å². The second-order valence-electron chi connectivity index (χ2n) is 4.53. The standard InChI is InChI=1S/C15H17ClN2O/c1-2-3-9-13-15(19)18(11-14(16)17-13)10-12-7-5-4-6-8-12/h4-8,11H,2-3,9-10H2,1H3. The third-order valence-corrected chi connectivity index (χ3v) is 3.16. The van der Waals surface area contributed by atoms with Crippen LogP contribution in [0.3, 0.4) is 0 Å². The molecule has 2 aromatic rings. The molecular formula is C15H17ClN2O.